The second-order valence-electron chi connectivity index (χ2n) is 3.11. The van der Waals surface area contributed by atoms with Crippen LogP contribution in [0.4, 0.5) is 13.2 Å². The molecule has 0 amide bonds. The van der Waals surface area contributed by atoms with Crippen molar-refractivity contribution in [2.75, 3.05) is 6.54 Å². The summed E-state index contributed by atoms with van der Waals surface area (Å²) in [7, 11) is 0.638. The summed E-state index contributed by atoms with van der Waals surface area (Å²) >= 11 is 0. The summed E-state index contributed by atoms with van der Waals surface area (Å²) in [5.41, 5.74) is 0. The first kappa shape index (κ1) is 12.1. The van der Waals surface area contributed by atoms with Crippen molar-refractivity contribution in [2.45, 2.75) is 31.5 Å². The molecule has 0 aromatic carbocycles. The SMILES string of the molecule is O=S(=O)(Cl)N1CCCCC1C(F)(F)F. The van der Waals surface area contributed by atoms with Crippen LogP contribution in [-0.4, -0.2) is 31.5 Å². The Bertz CT molecular complexity index is 303. The van der Waals surface area contributed by atoms with Crippen LogP contribution < -0.4 is 0 Å². The highest BCUT2D eigenvalue weighted by Gasteiger charge is 2.48. The van der Waals surface area contributed by atoms with E-state index in [9.17, 15) is 21.6 Å². The van der Waals surface area contributed by atoms with Gasteiger partial charge >= 0.3 is 6.18 Å². The van der Waals surface area contributed by atoms with Crippen molar-refractivity contribution in [3.05, 3.63) is 0 Å². The molecule has 0 bridgehead atoms. The van der Waals surface area contributed by atoms with Crippen LogP contribution in [0.2, 0.25) is 0 Å². The van der Waals surface area contributed by atoms with E-state index in [2.05, 4.69) is 0 Å². The molecule has 0 aliphatic carbocycles. The van der Waals surface area contributed by atoms with Gasteiger partial charge in [0.1, 0.15) is 6.04 Å². The number of rotatable bonds is 1. The molecule has 1 rings (SSSR count). The Hall–Kier alpha value is -0.0100. The van der Waals surface area contributed by atoms with Gasteiger partial charge in [-0.25, -0.2) is 0 Å². The average molecular weight is 252 g/mol. The van der Waals surface area contributed by atoms with E-state index in [1.807, 2.05) is 0 Å². The van der Waals surface area contributed by atoms with Gasteiger partial charge in [-0.1, -0.05) is 6.42 Å². The molecule has 1 heterocycles. The molecule has 0 spiro atoms. The molecule has 1 atom stereocenters. The Morgan fingerprint density at radius 1 is 1.29 bits per heavy atom. The average Bonchev–Trinajstić information content (AvgIpc) is 2.01. The minimum atomic E-state index is -4.54. The zero-order chi connectivity index (χ0) is 11.0. The van der Waals surface area contributed by atoms with Crippen LogP contribution in [-0.2, 0) is 9.24 Å². The van der Waals surface area contributed by atoms with Crippen LogP contribution in [0, 0.1) is 0 Å². The van der Waals surface area contributed by atoms with E-state index >= 15 is 0 Å². The van der Waals surface area contributed by atoms with Gasteiger partial charge < -0.3 is 0 Å². The predicted octanol–water partition coefficient (Wildman–Crippen LogP) is 1.89. The Balaban J connectivity index is 2.91. The van der Waals surface area contributed by atoms with Gasteiger partial charge in [0.05, 0.1) is 0 Å². The van der Waals surface area contributed by atoms with Crippen molar-refractivity contribution in [2.24, 2.45) is 0 Å². The number of halogens is 4. The summed E-state index contributed by atoms with van der Waals surface area (Å²) in [4.78, 5) is 0. The monoisotopic (exact) mass is 251 g/mol. The first-order chi connectivity index (χ1) is 6.23. The summed E-state index contributed by atoms with van der Waals surface area (Å²) < 4.78 is 59.1. The molecule has 0 aromatic heterocycles. The topological polar surface area (TPSA) is 37.4 Å². The lowest BCUT2D eigenvalue weighted by Gasteiger charge is -2.33. The smallest absolute Gasteiger partial charge is 0.195 e. The summed E-state index contributed by atoms with van der Waals surface area (Å²) in [5.74, 6) is 0. The fraction of sp³-hybridized carbons (Fsp3) is 1.00. The van der Waals surface area contributed by atoms with E-state index in [1.54, 1.807) is 0 Å². The van der Waals surface area contributed by atoms with Gasteiger partial charge in [0.2, 0.25) is 0 Å². The van der Waals surface area contributed by atoms with E-state index < -0.39 is 21.5 Å². The summed E-state index contributed by atoms with van der Waals surface area (Å²) in [6, 6.07) is -1.96. The molecular formula is C6H9ClF3NO2S. The molecule has 1 aliphatic rings. The highest BCUT2D eigenvalue weighted by molar-refractivity contribution is 8.11. The fourth-order valence-electron chi connectivity index (χ4n) is 1.49. The number of piperidine rings is 1. The molecule has 8 heteroatoms. The normalized spacial score (nSPS) is 26.4. The van der Waals surface area contributed by atoms with Crippen LogP contribution in [0.3, 0.4) is 0 Å². The molecule has 0 aromatic rings. The minimum Gasteiger partial charge on any atom is -0.195 e. The Morgan fingerprint density at radius 2 is 1.86 bits per heavy atom. The lowest BCUT2D eigenvalue weighted by molar-refractivity contribution is -0.176. The number of hydrogen-bond acceptors (Lipinski definition) is 2. The van der Waals surface area contributed by atoms with Crippen LogP contribution >= 0.6 is 10.7 Å². The first-order valence-electron chi connectivity index (χ1n) is 4.01. The molecular weight excluding hydrogens is 243 g/mol. The largest absolute Gasteiger partial charge is 0.405 e. The van der Waals surface area contributed by atoms with Gasteiger partial charge in [-0.05, 0) is 12.8 Å². The molecule has 1 saturated heterocycles. The Labute approximate surface area is 84.4 Å². The van der Waals surface area contributed by atoms with Gasteiger partial charge in [-0.2, -0.15) is 25.9 Å². The summed E-state index contributed by atoms with van der Waals surface area (Å²) in [5, 5.41) is 0. The van der Waals surface area contributed by atoms with E-state index in [0.717, 1.165) is 0 Å². The predicted molar refractivity (Wildman–Crippen MR) is 45.2 cm³/mol. The van der Waals surface area contributed by atoms with E-state index in [0.29, 0.717) is 17.1 Å². The lowest BCUT2D eigenvalue weighted by atomic mass is 10.1. The maximum atomic E-state index is 12.4. The molecule has 1 unspecified atom stereocenters. The molecule has 1 fully saturated rings. The van der Waals surface area contributed by atoms with Gasteiger partial charge in [-0.3, -0.25) is 0 Å². The van der Waals surface area contributed by atoms with Crippen molar-refractivity contribution in [1.29, 1.82) is 0 Å². The maximum Gasteiger partial charge on any atom is 0.405 e. The van der Waals surface area contributed by atoms with Crippen LogP contribution in [0.1, 0.15) is 19.3 Å². The van der Waals surface area contributed by atoms with Crippen molar-refractivity contribution in [1.82, 2.24) is 4.31 Å². The molecule has 0 N–H and O–H groups in total. The third-order valence-electron chi connectivity index (χ3n) is 2.11. The zero-order valence-electron chi connectivity index (χ0n) is 7.09. The second-order valence-corrected chi connectivity index (χ2v) is 5.57. The van der Waals surface area contributed by atoms with Crippen LogP contribution in [0.15, 0.2) is 0 Å². The molecule has 84 valence electrons. The van der Waals surface area contributed by atoms with Crippen LogP contribution in [0.25, 0.3) is 0 Å². The van der Waals surface area contributed by atoms with E-state index in [1.165, 1.54) is 0 Å². The summed E-state index contributed by atoms with van der Waals surface area (Å²) in [6.07, 6.45) is -3.97. The van der Waals surface area contributed by atoms with Crippen molar-refractivity contribution < 1.29 is 21.6 Å². The number of nitrogens with zero attached hydrogens (tertiary/aromatic N) is 1. The molecule has 14 heavy (non-hydrogen) atoms. The Kier molecular flexibility index (Phi) is 3.33. The van der Waals surface area contributed by atoms with Crippen LogP contribution in [0.5, 0.6) is 0 Å². The number of alkyl halides is 3. The van der Waals surface area contributed by atoms with Crippen molar-refractivity contribution in [3.8, 4) is 0 Å². The third-order valence-corrected chi connectivity index (χ3v) is 3.64. The van der Waals surface area contributed by atoms with E-state index in [-0.39, 0.29) is 13.0 Å². The van der Waals surface area contributed by atoms with E-state index in [4.69, 9.17) is 10.7 Å². The quantitative estimate of drug-likeness (QED) is 0.668. The third kappa shape index (κ3) is 2.74. The molecule has 3 nitrogen and oxygen atoms in total. The van der Waals surface area contributed by atoms with Gasteiger partial charge in [0.15, 0.2) is 0 Å². The fourth-order valence-corrected chi connectivity index (χ4v) is 2.86. The minimum absolute atomic E-state index is 0.157. The standard InChI is InChI=1S/C6H9ClF3NO2S/c7-14(12,13)11-4-2-1-3-5(11)6(8,9)10/h5H,1-4H2. The zero-order valence-corrected chi connectivity index (χ0v) is 8.66. The van der Waals surface area contributed by atoms with Gasteiger partial charge in [0.25, 0.3) is 9.24 Å². The molecule has 0 saturated carbocycles. The Morgan fingerprint density at radius 3 is 2.21 bits per heavy atom. The lowest BCUT2D eigenvalue weighted by Crippen LogP contribution is -2.49. The summed E-state index contributed by atoms with van der Waals surface area (Å²) in [6.45, 7) is -0.157. The molecule has 1 aliphatic heterocycles. The van der Waals surface area contributed by atoms with Crippen molar-refractivity contribution >= 4 is 19.9 Å². The second kappa shape index (κ2) is 3.86. The molecule has 0 radical (unpaired) electrons. The van der Waals surface area contributed by atoms with Gasteiger partial charge in [0, 0.05) is 17.2 Å². The highest BCUT2D eigenvalue weighted by atomic mass is 35.7. The van der Waals surface area contributed by atoms with Gasteiger partial charge in [-0.15, -0.1) is 0 Å². The highest BCUT2D eigenvalue weighted by Crippen LogP contribution is 2.34. The number of hydrogen-bond donors (Lipinski definition) is 0. The maximum absolute atomic E-state index is 12.4. The van der Waals surface area contributed by atoms with Crippen molar-refractivity contribution in [3.63, 3.8) is 0 Å². The first-order valence-corrected chi connectivity index (χ1v) is 6.27.